The smallest absolute Gasteiger partial charge is 0.239 e. The topological polar surface area (TPSA) is 63.1 Å². The molecular weight excluding hydrogens is 326 g/mol. The van der Waals surface area contributed by atoms with E-state index >= 15 is 0 Å². The first kappa shape index (κ1) is 16.7. The fourth-order valence-corrected chi connectivity index (χ4v) is 3.74. The molecule has 26 heavy (non-hydrogen) atoms. The van der Waals surface area contributed by atoms with Crippen molar-refractivity contribution in [3.8, 4) is 0 Å². The maximum Gasteiger partial charge on any atom is 0.239 e. The number of aryl methyl sites for hydroxylation is 3. The molecule has 0 spiro atoms. The molecule has 3 aromatic rings. The largest absolute Gasteiger partial charge is 0.308 e. The Kier molecular flexibility index (Phi) is 4.20. The molecule has 6 nitrogen and oxygen atoms in total. The van der Waals surface area contributed by atoms with E-state index in [4.69, 9.17) is 0 Å². The quantitative estimate of drug-likeness (QED) is 0.789. The zero-order chi connectivity index (χ0) is 18.3. The molecule has 0 saturated heterocycles. The van der Waals surface area contributed by atoms with Crippen LogP contribution in [0.3, 0.4) is 0 Å². The van der Waals surface area contributed by atoms with Crippen molar-refractivity contribution < 1.29 is 4.79 Å². The van der Waals surface area contributed by atoms with Gasteiger partial charge in [0.05, 0.1) is 11.9 Å². The molecule has 1 aliphatic rings. The van der Waals surface area contributed by atoms with E-state index in [9.17, 15) is 4.79 Å². The number of amides is 1. The van der Waals surface area contributed by atoms with E-state index in [2.05, 4.69) is 44.6 Å². The van der Waals surface area contributed by atoms with Crippen LogP contribution in [0.15, 0.2) is 30.3 Å². The standard InChI is InChI=1S/C20H23N5O/c1-13-10-14(2)21-20-18(13)19(23-24(20)3)22-17(26)12-25-9-8-15-6-4-5-7-16(15)11-25/h4-7,10H,8-9,11-12H2,1-3H3,(H,22,23,26). The fraction of sp³-hybridized carbons (Fsp3) is 0.350. The summed E-state index contributed by atoms with van der Waals surface area (Å²) in [7, 11) is 1.85. The molecule has 0 unspecified atom stereocenters. The molecule has 134 valence electrons. The highest BCUT2D eigenvalue weighted by Gasteiger charge is 2.20. The Labute approximate surface area is 152 Å². The second kappa shape index (κ2) is 6.53. The van der Waals surface area contributed by atoms with Crippen molar-refractivity contribution in [1.29, 1.82) is 0 Å². The highest BCUT2D eigenvalue weighted by molar-refractivity contribution is 6.00. The predicted octanol–water partition coefficient (Wildman–Crippen LogP) is 2.58. The van der Waals surface area contributed by atoms with Gasteiger partial charge in [0.25, 0.3) is 0 Å². The van der Waals surface area contributed by atoms with Gasteiger partial charge in [-0.25, -0.2) is 9.67 Å². The van der Waals surface area contributed by atoms with Crippen molar-refractivity contribution in [2.75, 3.05) is 18.4 Å². The van der Waals surface area contributed by atoms with Gasteiger partial charge in [0.15, 0.2) is 11.5 Å². The zero-order valence-corrected chi connectivity index (χ0v) is 15.4. The summed E-state index contributed by atoms with van der Waals surface area (Å²) in [6, 6.07) is 10.5. The molecule has 1 aliphatic heterocycles. The number of benzene rings is 1. The van der Waals surface area contributed by atoms with Crippen LogP contribution in [0.4, 0.5) is 5.82 Å². The van der Waals surface area contributed by atoms with Gasteiger partial charge in [-0.2, -0.15) is 5.10 Å². The lowest BCUT2D eigenvalue weighted by atomic mass is 10.00. The Morgan fingerprint density at radius 3 is 2.81 bits per heavy atom. The first-order chi connectivity index (χ1) is 12.5. The van der Waals surface area contributed by atoms with E-state index in [1.165, 1.54) is 11.1 Å². The lowest BCUT2D eigenvalue weighted by Gasteiger charge is -2.27. The molecule has 0 bridgehead atoms. The highest BCUT2D eigenvalue weighted by Crippen LogP contribution is 2.25. The van der Waals surface area contributed by atoms with Crippen LogP contribution in [0, 0.1) is 13.8 Å². The van der Waals surface area contributed by atoms with Crippen LogP contribution >= 0.6 is 0 Å². The number of hydrogen-bond acceptors (Lipinski definition) is 4. The molecule has 0 atom stereocenters. The Balaban J connectivity index is 1.50. The molecule has 1 aromatic carbocycles. The summed E-state index contributed by atoms with van der Waals surface area (Å²) in [4.78, 5) is 19.3. The molecule has 0 radical (unpaired) electrons. The zero-order valence-electron chi connectivity index (χ0n) is 15.4. The second-order valence-corrected chi connectivity index (χ2v) is 7.03. The van der Waals surface area contributed by atoms with E-state index in [1.54, 1.807) is 4.68 Å². The fourth-order valence-electron chi connectivity index (χ4n) is 3.74. The van der Waals surface area contributed by atoms with Crippen LogP contribution in [-0.4, -0.2) is 38.7 Å². The van der Waals surface area contributed by atoms with Gasteiger partial charge in [-0.15, -0.1) is 0 Å². The molecule has 1 amide bonds. The van der Waals surface area contributed by atoms with Gasteiger partial charge < -0.3 is 5.32 Å². The van der Waals surface area contributed by atoms with Crippen LogP contribution in [0.2, 0.25) is 0 Å². The van der Waals surface area contributed by atoms with Gasteiger partial charge in [0, 0.05) is 25.8 Å². The highest BCUT2D eigenvalue weighted by atomic mass is 16.2. The van der Waals surface area contributed by atoms with Crippen LogP contribution in [0.1, 0.15) is 22.4 Å². The Bertz CT molecular complexity index is 991. The van der Waals surface area contributed by atoms with Gasteiger partial charge in [-0.1, -0.05) is 24.3 Å². The van der Waals surface area contributed by atoms with Gasteiger partial charge in [0.2, 0.25) is 5.91 Å². The average molecular weight is 349 g/mol. The summed E-state index contributed by atoms with van der Waals surface area (Å²) in [6.45, 7) is 6.06. The molecule has 4 rings (SSSR count). The summed E-state index contributed by atoms with van der Waals surface area (Å²) in [5.41, 5.74) is 5.51. The number of nitrogens with one attached hydrogen (secondary N) is 1. The number of hydrogen-bond donors (Lipinski definition) is 1. The molecule has 3 heterocycles. The number of anilines is 1. The number of carbonyl (C=O) groups is 1. The monoisotopic (exact) mass is 349 g/mol. The van der Waals surface area contributed by atoms with E-state index < -0.39 is 0 Å². The SMILES string of the molecule is Cc1cc(C)c2c(NC(=O)CN3CCc4ccccc4C3)nn(C)c2n1. The van der Waals surface area contributed by atoms with Crippen molar-refractivity contribution in [2.45, 2.75) is 26.8 Å². The number of nitrogens with zero attached hydrogens (tertiary/aromatic N) is 4. The normalized spacial score (nSPS) is 14.4. The molecule has 0 fully saturated rings. The molecule has 1 N–H and O–H groups in total. The van der Waals surface area contributed by atoms with Gasteiger partial charge in [0.1, 0.15) is 0 Å². The Morgan fingerprint density at radius 1 is 1.23 bits per heavy atom. The van der Waals surface area contributed by atoms with E-state index in [-0.39, 0.29) is 5.91 Å². The minimum atomic E-state index is -0.0376. The van der Waals surface area contributed by atoms with Gasteiger partial charge >= 0.3 is 0 Å². The van der Waals surface area contributed by atoms with Crippen LogP contribution < -0.4 is 5.32 Å². The van der Waals surface area contributed by atoms with Crippen molar-refractivity contribution in [2.24, 2.45) is 7.05 Å². The number of fused-ring (bicyclic) bond motifs is 2. The molecule has 2 aromatic heterocycles. The summed E-state index contributed by atoms with van der Waals surface area (Å²) in [5, 5.41) is 8.36. The van der Waals surface area contributed by atoms with E-state index in [0.29, 0.717) is 12.4 Å². The van der Waals surface area contributed by atoms with Crippen LogP contribution in [-0.2, 0) is 24.8 Å². The average Bonchev–Trinajstić information content (AvgIpc) is 2.90. The van der Waals surface area contributed by atoms with Crippen molar-refractivity contribution in [1.82, 2.24) is 19.7 Å². The molecule has 6 heteroatoms. The Hall–Kier alpha value is -2.73. The van der Waals surface area contributed by atoms with Gasteiger partial charge in [-0.05, 0) is 43.0 Å². The lowest BCUT2D eigenvalue weighted by Crippen LogP contribution is -2.37. The van der Waals surface area contributed by atoms with Crippen molar-refractivity contribution >= 4 is 22.8 Å². The third kappa shape index (κ3) is 3.08. The van der Waals surface area contributed by atoms with Gasteiger partial charge in [-0.3, -0.25) is 9.69 Å². The minimum absolute atomic E-state index is 0.0376. The summed E-state index contributed by atoms with van der Waals surface area (Å²) in [6.07, 6.45) is 0.984. The number of pyridine rings is 1. The van der Waals surface area contributed by atoms with Crippen LogP contribution in [0.25, 0.3) is 11.0 Å². The first-order valence-corrected chi connectivity index (χ1v) is 8.91. The van der Waals surface area contributed by atoms with Crippen molar-refractivity contribution in [3.05, 3.63) is 52.7 Å². The second-order valence-electron chi connectivity index (χ2n) is 7.03. The van der Waals surface area contributed by atoms with Crippen LogP contribution in [0.5, 0.6) is 0 Å². The number of carbonyl (C=O) groups excluding carboxylic acids is 1. The predicted molar refractivity (Wildman–Crippen MR) is 102 cm³/mol. The summed E-state index contributed by atoms with van der Waals surface area (Å²) < 4.78 is 1.72. The summed E-state index contributed by atoms with van der Waals surface area (Å²) >= 11 is 0. The maximum atomic E-state index is 12.6. The third-order valence-electron chi connectivity index (χ3n) is 4.95. The van der Waals surface area contributed by atoms with E-state index in [1.807, 2.05) is 27.0 Å². The molecule has 0 aliphatic carbocycles. The van der Waals surface area contributed by atoms with E-state index in [0.717, 1.165) is 41.8 Å². The summed E-state index contributed by atoms with van der Waals surface area (Å²) in [5.74, 6) is 0.555. The number of aromatic nitrogens is 3. The maximum absolute atomic E-state index is 12.6. The molecule has 0 saturated carbocycles. The number of rotatable bonds is 3. The first-order valence-electron chi connectivity index (χ1n) is 8.91. The third-order valence-corrected chi connectivity index (χ3v) is 4.95. The lowest BCUT2D eigenvalue weighted by molar-refractivity contribution is -0.117. The van der Waals surface area contributed by atoms with Crippen molar-refractivity contribution in [3.63, 3.8) is 0 Å². The molecular formula is C20H23N5O. The minimum Gasteiger partial charge on any atom is -0.308 e. The Morgan fingerprint density at radius 2 is 2.00 bits per heavy atom.